The average Bonchev–Trinajstić information content (AvgIpc) is 3.19. The summed E-state index contributed by atoms with van der Waals surface area (Å²) in [5.41, 5.74) is 5.58. The molecule has 0 saturated heterocycles. The van der Waals surface area contributed by atoms with Gasteiger partial charge in [-0.2, -0.15) is 0 Å². The topological polar surface area (TPSA) is 58.9 Å². The molecule has 162 valence electrons. The number of fused-ring (bicyclic) bond motifs is 2. The maximum atomic E-state index is 11.6. The normalized spacial score (nSPS) is 12.6. The molecule has 4 aromatic rings. The number of hydrogen-bond donors (Lipinski definition) is 0. The molecule has 2 heterocycles. The van der Waals surface area contributed by atoms with Gasteiger partial charge in [0.05, 0.1) is 25.3 Å². The van der Waals surface area contributed by atoms with Crippen LogP contribution < -0.4 is 18.9 Å². The Morgan fingerprint density at radius 3 is 2.28 bits per heavy atom. The van der Waals surface area contributed by atoms with Crippen molar-refractivity contribution in [3.05, 3.63) is 60.3 Å². The number of para-hydroxylation sites is 1. The van der Waals surface area contributed by atoms with Crippen LogP contribution >= 0.6 is 0 Å². The molecular formula is C26H23NO5. The van der Waals surface area contributed by atoms with Crippen molar-refractivity contribution in [1.82, 2.24) is 4.57 Å². The molecule has 32 heavy (non-hydrogen) atoms. The van der Waals surface area contributed by atoms with Gasteiger partial charge in [-0.15, -0.1) is 0 Å². The van der Waals surface area contributed by atoms with Crippen LogP contribution in [-0.4, -0.2) is 38.3 Å². The molecule has 0 fully saturated rings. The Balaban J connectivity index is 1.70. The van der Waals surface area contributed by atoms with Crippen molar-refractivity contribution in [3.63, 3.8) is 0 Å². The average molecular weight is 429 g/mol. The SMILES string of the molecule is COc1cc(-c2cn(C)c3c(-c4ccc5c(c4)OCCO5)cccc23)cc(OC)c1C=O. The summed E-state index contributed by atoms with van der Waals surface area (Å²) in [5, 5.41) is 1.09. The second kappa shape index (κ2) is 7.96. The third-order valence-electron chi connectivity index (χ3n) is 5.83. The van der Waals surface area contributed by atoms with Gasteiger partial charge in [0.1, 0.15) is 24.7 Å². The van der Waals surface area contributed by atoms with Crippen LogP contribution in [0.4, 0.5) is 0 Å². The molecule has 6 nitrogen and oxygen atoms in total. The summed E-state index contributed by atoms with van der Waals surface area (Å²) in [5.74, 6) is 2.50. The standard InChI is InChI=1S/C26H23NO5/c1-27-14-20(17-12-23(29-2)21(15-28)24(13-17)30-3)19-6-4-5-18(26(19)27)16-7-8-22-25(11-16)32-10-9-31-22/h4-8,11-15H,9-10H2,1-3H3. The van der Waals surface area contributed by atoms with E-state index in [1.165, 1.54) is 0 Å². The van der Waals surface area contributed by atoms with E-state index < -0.39 is 0 Å². The minimum absolute atomic E-state index is 0.399. The van der Waals surface area contributed by atoms with Gasteiger partial charge < -0.3 is 23.5 Å². The van der Waals surface area contributed by atoms with Crippen LogP contribution in [0.2, 0.25) is 0 Å². The number of hydrogen-bond acceptors (Lipinski definition) is 5. The van der Waals surface area contributed by atoms with Crippen molar-refractivity contribution >= 4 is 17.2 Å². The highest BCUT2D eigenvalue weighted by Crippen LogP contribution is 2.41. The molecule has 0 radical (unpaired) electrons. The molecule has 6 heteroatoms. The van der Waals surface area contributed by atoms with Gasteiger partial charge in [0.15, 0.2) is 17.8 Å². The fourth-order valence-corrected chi connectivity index (χ4v) is 4.35. The number of aryl methyl sites for hydroxylation is 1. The number of ether oxygens (including phenoxy) is 4. The minimum atomic E-state index is 0.399. The molecule has 0 aliphatic carbocycles. The van der Waals surface area contributed by atoms with Crippen LogP contribution in [0.15, 0.2) is 54.7 Å². The van der Waals surface area contributed by atoms with Crippen LogP contribution in [-0.2, 0) is 7.05 Å². The van der Waals surface area contributed by atoms with Crippen LogP contribution in [0.1, 0.15) is 10.4 Å². The molecule has 1 aromatic heterocycles. The highest BCUT2D eigenvalue weighted by molar-refractivity contribution is 6.04. The Kier molecular flexibility index (Phi) is 4.98. The zero-order valence-corrected chi connectivity index (χ0v) is 18.2. The minimum Gasteiger partial charge on any atom is -0.496 e. The molecule has 1 aliphatic rings. The number of aromatic nitrogens is 1. The summed E-state index contributed by atoms with van der Waals surface area (Å²) < 4.78 is 24.5. The van der Waals surface area contributed by atoms with E-state index in [1.807, 2.05) is 37.4 Å². The molecule has 0 spiro atoms. The summed E-state index contributed by atoms with van der Waals surface area (Å²) in [6.07, 6.45) is 2.84. The van der Waals surface area contributed by atoms with E-state index in [4.69, 9.17) is 18.9 Å². The molecule has 0 amide bonds. The highest BCUT2D eigenvalue weighted by Gasteiger charge is 2.19. The summed E-state index contributed by atoms with van der Waals surface area (Å²) in [4.78, 5) is 11.6. The first-order valence-electron chi connectivity index (χ1n) is 10.3. The number of methoxy groups -OCH3 is 2. The number of nitrogens with zero attached hydrogens (tertiary/aromatic N) is 1. The molecule has 0 unspecified atom stereocenters. The molecule has 5 rings (SSSR count). The van der Waals surface area contributed by atoms with Gasteiger partial charge in [-0.3, -0.25) is 4.79 Å². The van der Waals surface area contributed by atoms with Crippen molar-refractivity contribution in [2.75, 3.05) is 27.4 Å². The van der Waals surface area contributed by atoms with E-state index in [9.17, 15) is 4.79 Å². The van der Waals surface area contributed by atoms with Crippen LogP contribution in [0.3, 0.4) is 0 Å². The van der Waals surface area contributed by atoms with Crippen LogP contribution in [0, 0.1) is 0 Å². The lowest BCUT2D eigenvalue weighted by Crippen LogP contribution is -2.15. The highest BCUT2D eigenvalue weighted by atomic mass is 16.6. The van der Waals surface area contributed by atoms with Gasteiger partial charge in [0.25, 0.3) is 0 Å². The Morgan fingerprint density at radius 2 is 1.59 bits per heavy atom. The zero-order chi connectivity index (χ0) is 22.2. The number of aldehydes is 1. The van der Waals surface area contributed by atoms with Crippen molar-refractivity contribution in [2.24, 2.45) is 7.05 Å². The van der Waals surface area contributed by atoms with E-state index in [0.29, 0.717) is 30.3 Å². The van der Waals surface area contributed by atoms with E-state index in [2.05, 4.69) is 29.0 Å². The molecular weight excluding hydrogens is 406 g/mol. The molecule has 0 N–H and O–H groups in total. The fourth-order valence-electron chi connectivity index (χ4n) is 4.35. The Morgan fingerprint density at radius 1 is 0.875 bits per heavy atom. The first-order valence-corrected chi connectivity index (χ1v) is 10.3. The summed E-state index contributed by atoms with van der Waals surface area (Å²) in [6.45, 7) is 1.12. The largest absolute Gasteiger partial charge is 0.496 e. The number of rotatable bonds is 5. The number of carbonyl (C=O) groups is 1. The maximum Gasteiger partial charge on any atom is 0.161 e. The van der Waals surface area contributed by atoms with Gasteiger partial charge in [-0.25, -0.2) is 0 Å². The van der Waals surface area contributed by atoms with E-state index >= 15 is 0 Å². The van der Waals surface area contributed by atoms with Crippen molar-refractivity contribution in [2.45, 2.75) is 0 Å². The van der Waals surface area contributed by atoms with Crippen molar-refractivity contribution < 1.29 is 23.7 Å². The fraction of sp³-hybridized carbons (Fsp3) is 0.192. The molecule has 1 aliphatic heterocycles. The quantitative estimate of drug-likeness (QED) is 0.413. The number of carbonyl (C=O) groups excluding carboxylic acids is 1. The summed E-state index contributed by atoms with van der Waals surface area (Å²) >= 11 is 0. The second-order valence-corrected chi connectivity index (χ2v) is 7.63. The third-order valence-corrected chi connectivity index (χ3v) is 5.83. The number of benzene rings is 3. The van der Waals surface area contributed by atoms with Gasteiger partial charge >= 0.3 is 0 Å². The van der Waals surface area contributed by atoms with Crippen LogP contribution in [0.5, 0.6) is 23.0 Å². The van der Waals surface area contributed by atoms with Gasteiger partial charge in [-0.1, -0.05) is 24.3 Å². The van der Waals surface area contributed by atoms with E-state index in [0.717, 1.165) is 50.9 Å². The maximum absolute atomic E-state index is 11.6. The van der Waals surface area contributed by atoms with Crippen molar-refractivity contribution in [3.8, 4) is 45.3 Å². The predicted octanol–water partition coefficient (Wildman–Crippen LogP) is 5.11. The first kappa shape index (κ1) is 20.0. The molecule has 0 atom stereocenters. The molecule has 0 bridgehead atoms. The monoisotopic (exact) mass is 429 g/mol. The third kappa shape index (κ3) is 3.15. The van der Waals surface area contributed by atoms with Crippen molar-refractivity contribution in [1.29, 1.82) is 0 Å². The smallest absolute Gasteiger partial charge is 0.161 e. The van der Waals surface area contributed by atoms with E-state index in [1.54, 1.807) is 14.2 Å². The predicted molar refractivity (Wildman–Crippen MR) is 123 cm³/mol. The Labute approximate surface area is 185 Å². The lowest BCUT2D eigenvalue weighted by molar-refractivity contribution is 0.111. The van der Waals surface area contributed by atoms with Gasteiger partial charge in [-0.05, 0) is 35.4 Å². The summed E-state index contributed by atoms with van der Waals surface area (Å²) in [7, 11) is 5.13. The van der Waals surface area contributed by atoms with Crippen LogP contribution in [0.25, 0.3) is 33.2 Å². The second-order valence-electron chi connectivity index (χ2n) is 7.63. The Hall–Kier alpha value is -3.93. The van der Waals surface area contributed by atoms with E-state index in [-0.39, 0.29) is 0 Å². The first-order chi connectivity index (χ1) is 15.6. The van der Waals surface area contributed by atoms with Gasteiger partial charge in [0, 0.05) is 29.8 Å². The molecule has 3 aromatic carbocycles. The lowest BCUT2D eigenvalue weighted by atomic mass is 9.98. The van der Waals surface area contributed by atoms with Gasteiger partial charge in [0.2, 0.25) is 0 Å². The lowest BCUT2D eigenvalue weighted by Gasteiger charge is -2.19. The summed E-state index contributed by atoms with van der Waals surface area (Å²) in [6, 6.07) is 16.0. The zero-order valence-electron chi connectivity index (χ0n) is 18.2. The molecule has 0 saturated carbocycles. The Bertz CT molecular complexity index is 1310.